The zero-order valence-electron chi connectivity index (χ0n) is 14.0. The number of fused-ring (bicyclic) bond motifs is 1. The molecule has 0 amide bonds. The van der Waals surface area contributed by atoms with Crippen LogP contribution in [0.25, 0.3) is 0 Å². The van der Waals surface area contributed by atoms with E-state index in [2.05, 4.69) is 39.3 Å². The molecule has 7 nitrogen and oxygen atoms in total. The molecule has 0 unspecified atom stereocenters. The number of aromatic nitrogens is 4. The van der Waals surface area contributed by atoms with Gasteiger partial charge in [-0.25, -0.2) is 4.98 Å². The molecule has 0 aliphatic heterocycles. The first-order chi connectivity index (χ1) is 11.0. The summed E-state index contributed by atoms with van der Waals surface area (Å²) in [5, 5.41) is 7.41. The summed E-state index contributed by atoms with van der Waals surface area (Å²) in [6.45, 7) is 6.25. The Morgan fingerprint density at radius 1 is 1.13 bits per heavy atom. The van der Waals surface area contributed by atoms with Crippen LogP contribution in [0.15, 0.2) is 4.52 Å². The fourth-order valence-electron chi connectivity index (χ4n) is 2.89. The van der Waals surface area contributed by atoms with Crippen LogP contribution in [0, 0.1) is 5.92 Å². The van der Waals surface area contributed by atoms with E-state index in [9.17, 15) is 0 Å². The van der Waals surface area contributed by atoms with E-state index in [4.69, 9.17) is 10.3 Å². The molecule has 7 heteroatoms. The quantitative estimate of drug-likeness (QED) is 0.874. The number of rotatable bonds is 5. The Morgan fingerprint density at radius 3 is 2.70 bits per heavy atom. The molecular formula is C16H24N6O. The molecule has 3 N–H and O–H groups in total. The van der Waals surface area contributed by atoms with Gasteiger partial charge in [0.2, 0.25) is 11.8 Å². The molecule has 0 radical (unpaired) electrons. The number of nitrogens with zero attached hydrogens (tertiary/aromatic N) is 4. The second-order valence-electron chi connectivity index (χ2n) is 6.58. The first-order valence-electron chi connectivity index (χ1n) is 8.27. The number of nitrogens with two attached hydrogens (primary N) is 1. The maximum atomic E-state index is 5.84. The highest BCUT2D eigenvalue weighted by Crippen LogP contribution is 2.28. The van der Waals surface area contributed by atoms with Gasteiger partial charge in [0.15, 0.2) is 5.82 Å². The van der Waals surface area contributed by atoms with Gasteiger partial charge in [-0.3, -0.25) is 0 Å². The molecule has 23 heavy (non-hydrogen) atoms. The van der Waals surface area contributed by atoms with Crippen molar-refractivity contribution in [3.05, 3.63) is 23.0 Å². The number of nitrogens with one attached hydrogen (secondary N) is 1. The van der Waals surface area contributed by atoms with Gasteiger partial charge in [0.25, 0.3) is 0 Å². The summed E-state index contributed by atoms with van der Waals surface area (Å²) in [5.41, 5.74) is 8.07. The van der Waals surface area contributed by atoms with E-state index >= 15 is 0 Å². The lowest BCUT2D eigenvalue weighted by Crippen LogP contribution is -2.16. The van der Waals surface area contributed by atoms with Crippen LogP contribution in [0.2, 0.25) is 0 Å². The number of anilines is 2. The van der Waals surface area contributed by atoms with Crippen molar-refractivity contribution < 1.29 is 4.52 Å². The summed E-state index contributed by atoms with van der Waals surface area (Å²) in [6.07, 6.45) is 5.06. The minimum absolute atomic E-state index is 0.122. The Bertz CT molecular complexity index is 681. The maximum Gasteiger partial charge on any atom is 0.248 e. The molecule has 0 aromatic carbocycles. The molecule has 1 aliphatic carbocycles. The van der Waals surface area contributed by atoms with Crippen molar-refractivity contribution in [2.75, 3.05) is 11.1 Å². The Morgan fingerprint density at radius 2 is 1.91 bits per heavy atom. The molecule has 3 rings (SSSR count). The number of hydrogen-bond acceptors (Lipinski definition) is 7. The second-order valence-corrected chi connectivity index (χ2v) is 6.58. The Balaban J connectivity index is 1.78. The van der Waals surface area contributed by atoms with Gasteiger partial charge in [0, 0.05) is 12.0 Å². The maximum absolute atomic E-state index is 5.84. The van der Waals surface area contributed by atoms with Crippen molar-refractivity contribution >= 4 is 11.8 Å². The van der Waals surface area contributed by atoms with E-state index in [-0.39, 0.29) is 6.04 Å². The Labute approximate surface area is 136 Å². The van der Waals surface area contributed by atoms with Crippen molar-refractivity contribution in [3.8, 4) is 0 Å². The Kier molecular flexibility index (Phi) is 4.45. The molecular weight excluding hydrogens is 292 g/mol. The summed E-state index contributed by atoms with van der Waals surface area (Å²) in [6, 6.07) is -0.122. The van der Waals surface area contributed by atoms with Gasteiger partial charge in [-0.2, -0.15) is 9.97 Å². The summed E-state index contributed by atoms with van der Waals surface area (Å²) in [7, 11) is 0. The van der Waals surface area contributed by atoms with E-state index in [1.165, 1.54) is 5.56 Å². The predicted octanol–water partition coefficient (Wildman–Crippen LogP) is 2.69. The van der Waals surface area contributed by atoms with Crippen LogP contribution in [-0.2, 0) is 19.3 Å². The monoisotopic (exact) mass is 316 g/mol. The molecule has 0 saturated heterocycles. The summed E-state index contributed by atoms with van der Waals surface area (Å²) < 4.78 is 5.38. The SMILES string of the molecule is CC(C)Cc1noc([C@H](C)Nc2nc(N)nc3c2CCCC3)n1. The minimum Gasteiger partial charge on any atom is -0.368 e. The van der Waals surface area contributed by atoms with Crippen LogP contribution in [0.1, 0.15) is 62.6 Å². The molecule has 2 aromatic heterocycles. The topological polar surface area (TPSA) is 103 Å². The average molecular weight is 316 g/mol. The molecule has 0 saturated carbocycles. The van der Waals surface area contributed by atoms with Crippen molar-refractivity contribution in [2.45, 2.75) is 58.9 Å². The summed E-state index contributed by atoms with van der Waals surface area (Å²) in [4.78, 5) is 13.2. The highest BCUT2D eigenvalue weighted by molar-refractivity contribution is 5.51. The normalized spacial score (nSPS) is 15.5. The summed E-state index contributed by atoms with van der Waals surface area (Å²) >= 11 is 0. The van der Waals surface area contributed by atoms with Crippen molar-refractivity contribution in [1.82, 2.24) is 20.1 Å². The highest BCUT2D eigenvalue weighted by atomic mass is 16.5. The van der Waals surface area contributed by atoms with Gasteiger partial charge < -0.3 is 15.6 Å². The first-order valence-corrected chi connectivity index (χ1v) is 8.27. The van der Waals surface area contributed by atoms with Crippen LogP contribution in [0.3, 0.4) is 0 Å². The molecule has 1 aliphatic rings. The molecule has 1 atom stereocenters. The lowest BCUT2D eigenvalue weighted by atomic mass is 9.96. The molecule has 0 bridgehead atoms. The molecule has 2 aromatic rings. The average Bonchev–Trinajstić information content (AvgIpc) is 2.95. The van der Waals surface area contributed by atoms with Gasteiger partial charge in [-0.15, -0.1) is 0 Å². The molecule has 0 fully saturated rings. The third-order valence-electron chi connectivity index (χ3n) is 4.00. The summed E-state index contributed by atoms with van der Waals surface area (Å²) in [5.74, 6) is 2.92. The van der Waals surface area contributed by atoms with Crippen LogP contribution < -0.4 is 11.1 Å². The molecule has 124 valence electrons. The van der Waals surface area contributed by atoms with Crippen molar-refractivity contribution in [1.29, 1.82) is 0 Å². The van der Waals surface area contributed by atoms with Crippen molar-refractivity contribution in [3.63, 3.8) is 0 Å². The molecule has 2 heterocycles. The van der Waals surface area contributed by atoms with Gasteiger partial charge in [-0.1, -0.05) is 19.0 Å². The molecule has 0 spiro atoms. The smallest absolute Gasteiger partial charge is 0.248 e. The minimum atomic E-state index is -0.122. The second kappa shape index (κ2) is 6.52. The fraction of sp³-hybridized carbons (Fsp3) is 0.625. The standard InChI is InChI=1S/C16H24N6O/c1-9(2)8-13-20-15(23-22-13)10(3)18-14-11-6-4-5-7-12(11)19-16(17)21-14/h9-10H,4-8H2,1-3H3,(H3,17,18,19,21)/t10-/m0/s1. The van der Waals surface area contributed by atoms with E-state index in [0.717, 1.165) is 49.4 Å². The van der Waals surface area contributed by atoms with E-state index in [1.54, 1.807) is 0 Å². The van der Waals surface area contributed by atoms with E-state index < -0.39 is 0 Å². The van der Waals surface area contributed by atoms with Gasteiger partial charge >= 0.3 is 0 Å². The lowest BCUT2D eigenvalue weighted by molar-refractivity contribution is 0.360. The zero-order valence-corrected chi connectivity index (χ0v) is 14.0. The largest absolute Gasteiger partial charge is 0.368 e. The van der Waals surface area contributed by atoms with Crippen LogP contribution in [0.4, 0.5) is 11.8 Å². The van der Waals surface area contributed by atoms with Crippen LogP contribution in [0.5, 0.6) is 0 Å². The van der Waals surface area contributed by atoms with Crippen molar-refractivity contribution in [2.24, 2.45) is 5.92 Å². The number of aryl methyl sites for hydroxylation is 1. The van der Waals surface area contributed by atoms with E-state index in [0.29, 0.717) is 17.8 Å². The van der Waals surface area contributed by atoms with E-state index in [1.807, 2.05) is 6.92 Å². The third kappa shape index (κ3) is 3.60. The van der Waals surface area contributed by atoms with Crippen LogP contribution >= 0.6 is 0 Å². The van der Waals surface area contributed by atoms with Gasteiger partial charge in [-0.05, 0) is 38.5 Å². The number of nitrogen functional groups attached to an aromatic ring is 1. The van der Waals surface area contributed by atoms with Gasteiger partial charge in [0.1, 0.15) is 11.9 Å². The van der Waals surface area contributed by atoms with Crippen LogP contribution in [-0.4, -0.2) is 20.1 Å². The lowest BCUT2D eigenvalue weighted by Gasteiger charge is -2.20. The highest BCUT2D eigenvalue weighted by Gasteiger charge is 2.21. The van der Waals surface area contributed by atoms with Gasteiger partial charge in [0.05, 0.1) is 5.69 Å². The predicted molar refractivity (Wildman–Crippen MR) is 88.0 cm³/mol. The third-order valence-corrected chi connectivity index (χ3v) is 4.00. The first kappa shape index (κ1) is 15.7. The number of hydrogen-bond donors (Lipinski definition) is 2. The Hall–Kier alpha value is -2.18. The zero-order chi connectivity index (χ0) is 16.4. The fourth-order valence-corrected chi connectivity index (χ4v) is 2.89.